The first-order chi connectivity index (χ1) is 14.0. The van der Waals surface area contributed by atoms with Crippen LogP contribution >= 0.6 is 0 Å². The van der Waals surface area contributed by atoms with Crippen molar-refractivity contribution in [3.8, 4) is 0 Å². The molecular weight excluding hydrogens is 385 g/mol. The fourth-order valence-electron chi connectivity index (χ4n) is 5.25. The molecule has 0 saturated heterocycles. The van der Waals surface area contributed by atoms with E-state index in [9.17, 15) is 18.0 Å². The van der Waals surface area contributed by atoms with Gasteiger partial charge in [-0.15, -0.1) is 0 Å². The van der Waals surface area contributed by atoms with Crippen LogP contribution in [0.1, 0.15) is 65.7 Å². The minimum absolute atomic E-state index is 0.0129. The Morgan fingerprint density at radius 2 is 1.83 bits per heavy atom. The number of hydrogen-bond acceptors (Lipinski definition) is 1. The summed E-state index contributed by atoms with van der Waals surface area (Å²) in [5.74, 6) is 0.0596. The monoisotopic (exact) mass is 420 g/mol. The smallest absolute Gasteiger partial charge is 0.295 e. The van der Waals surface area contributed by atoms with Gasteiger partial charge in [0.15, 0.2) is 5.78 Å². The molecule has 0 aromatic rings. The summed E-state index contributed by atoms with van der Waals surface area (Å²) in [5, 5.41) is 0. The molecule has 1 nitrogen and oxygen atoms in total. The van der Waals surface area contributed by atoms with E-state index >= 15 is 0 Å². The number of allylic oxidation sites excluding steroid dienone is 7. The molecule has 166 valence electrons. The molecule has 0 aliphatic heterocycles. The van der Waals surface area contributed by atoms with Gasteiger partial charge in [0.2, 0.25) is 0 Å². The van der Waals surface area contributed by atoms with Crippen molar-refractivity contribution >= 4 is 5.78 Å². The molecule has 6 unspecified atom stereocenters. The lowest BCUT2D eigenvalue weighted by Crippen LogP contribution is -2.27. The average molecular weight is 421 g/mol. The van der Waals surface area contributed by atoms with Crippen molar-refractivity contribution in [2.75, 3.05) is 0 Å². The summed E-state index contributed by atoms with van der Waals surface area (Å²) >= 11 is 0. The number of carbonyl (C=O) groups excluding carboxylic acids is 1. The highest BCUT2D eigenvalue weighted by Gasteiger charge is 2.41. The van der Waals surface area contributed by atoms with E-state index in [2.05, 4.69) is 33.4 Å². The molecule has 2 fully saturated rings. The first-order valence-corrected chi connectivity index (χ1v) is 11.4. The predicted octanol–water partition coefficient (Wildman–Crippen LogP) is 7.61. The Balaban J connectivity index is 1.71. The first-order valence-electron chi connectivity index (χ1n) is 11.4. The molecule has 0 heterocycles. The van der Waals surface area contributed by atoms with Gasteiger partial charge in [0.25, 0.3) is 0 Å². The molecule has 6 atom stereocenters. The number of rotatable bonds is 4. The van der Waals surface area contributed by atoms with Crippen molar-refractivity contribution in [3.05, 3.63) is 47.6 Å². The van der Waals surface area contributed by atoms with Gasteiger partial charge in [-0.25, -0.2) is 0 Å². The molecule has 0 spiro atoms. The van der Waals surface area contributed by atoms with E-state index in [0.29, 0.717) is 29.7 Å². The van der Waals surface area contributed by atoms with Crippen LogP contribution in [0.25, 0.3) is 0 Å². The SMILES string of the molecule is C=C1CC(=CC2CC(C=CC(=O)C3CCC(C)C(C)C3)=CC(C(F)(F)F)C2)CC1C. The topological polar surface area (TPSA) is 17.1 Å². The Morgan fingerprint density at radius 3 is 2.43 bits per heavy atom. The summed E-state index contributed by atoms with van der Waals surface area (Å²) in [6.45, 7) is 10.6. The third-order valence-corrected chi connectivity index (χ3v) is 7.54. The lowest BCUT2D eigenvalue weighted by atomic mass is 9.74. The summed E-state index contributed by atoms with van der Waals surface area (Å²) in [7, 11) is 0. The van der Waals surface area contributed by atoms with Gasteiger partial charge in [0.1, 0.15) is 0 Å². The van der Waals surface area contributed by atoms with Gasteiger partial charge >= 0.3 is 6.18 Å². The quantitative estimate of drug-likeness (QED) is 0.338. The third kappa shape index (κ3) is 5.76. The molecule has 0 radical (unpaired) electrons. The van der Waals surface area contributed by atoms with E-state index in [4.69, 9.17) is 0 Å². The summed E-state index contributed by atoms with van der Waals surface area (Å²) < 4.78 is 40.6. The highest BCUT2D eigenvalue weighted by atomic mass is 19.4. The Labute approximate surface area is 179 Å². The van der Waals surface area contributed by atoms with Crippen LogP contribution in [-0.4, -0.2) is 12.0 Å². The van der Waals surface area contributed by atoms with Crippen molar-refractivity contribution in [1.82, 2.24) is 0 Å². The molecule has 0 aromatic carbocycles. The molecule has 0 bridgehead atoms. The van der Waals surface area contributed by atoms with E-state index in [0.717, 1.165) is 32.1 Å². The van der Waals surface area contributed by atoms with Gasteiger partial charge in [0.05, 0.1) is 5.92 Å². The largest absolute Gasteiger partial charge is 0.395 e. The van der Waals surface area contributed by atoms with E-state index in [1.165, 1.54) is 17.2 Å². The lowest BCUT2D eigenvalue weighted by molar-refractivity contribution is -0.165. The first kappa shape index (κ1) is 23.1. The van der Waals surface area contributed by atoms with Gasteiger partial charge < -0.3 is 0 Å². The Kier molecular flexibility index (Phi) is 7.14. The number of halogens is 3. The second kappa shape index (κ2) is 9.28. The molecule has 4 heteroatoms. The number of ketones is 1. The summed E-state index contributed by atoms with van der Waals surface area (Å²) in [6, 6.07) is 0. The van der Waals surface area contributed by atoms with Crippen molar-refractivity contribution in [3.63, 3.8) is 0 Å². The van der Waals surface area contributed by atoms with Gasteiger partial charge in [-0.3, -0.25) is 4.79 Å². The molecule has 0 aromatic heterocycles. The van der Waals surface area contributed by atoms with E-state index in [1.54, 1.807) is 12.2 Å². The van der Waals surface area contributed by atoms with Crippen LogP contribution in [0.4, 0.5) is 13.2 Å². The summed E-state index contributed by atoms with van der Waals surface area (Å²) in [4.78, 5) is 12.6. The van der Waals surface area contributed by atoms with Crippen LogP contribution in [0.3, 0.4) is 0 Å². The molecule has 3 aliphatic rings. The van der Waals surface area contributed by atoms with Crippen LogP contribution in [0.15, 0.2) is 47.6 Å². The highest BCUT2D eigenvalue weighted by Crippen LogP contribution is 2.42. The summed E-state index contributed by atoms with van der Waals surface area (Å²) in [6.07, 6.45) is 7.52. The molecule has 2 saturated carbocycles. The third-order valence-electron chi connectivity index (χ3n) is 7.54. The number of hydrogen-bond donors (Lipinski definition) is 0. The minimum atomic E-state index is -4.25. The van der Waals surface area contributed by atoms with E-state index in [-0.39, 0.29) is 24.0 Å². The van der Waals surface area contributed by atoms with E-state index in [1.807, 2.05) is 0 Å². The maximum absolute atomic E-state index is 13.5. The normalized spacial score (nSPS) is 37.1. The minimum Gasteiger partial charge on any atom is -0.295 e. The Hall–Kier alpha value is -1.58. The highest BCUT2D eigenvalue weighted by molar-refractivity contribution is 5.92. The van der Waals surface area contributed by atoms with Crippen LogP contribution in [0.2, 0.25) is 0 Å². The second-order valence-electron chi connectivity index (χ2n) is 10.1. The zero-order valence-electron chi connectivity index (χ0n) is 18.5. The number of alkyl halides is 3. The van der Waals surface area contributed by atoms with Gasteiger partial charge in [0, 0.05) is 5.92 Å². The average Bonchev–Trinajstić information content (AvgIpc) is 2.98. The molecule has 30 heavy (non-hydrogen) atoms. The van der Waals surface area contributed by atoms with Crippen LogP contribution < -0.4 is 0 Å². The maximum Gasteiger partial charge on any atom is 0.395 e. The summed E-state index contributed by atoms with van der Waals surface area (Å²) in [5.41, 5.74) is 3.02. The molecule has 0 N–H and O–H groups in total. The van der Waals surface area contributed by atoms with Crippen LogP contribution in [0, 0.1) is 35.5 Å². The molecular formula is C26H35F3O. The molecule has 3 rings (SSSR count). The molecule has 0 amide bonds. The fraction of sp³-hybridized carbons (Fsp3) is 0.654. The van der Waals surface area contributed by atoms with Gasteiger partial charge in [-0.2, -0.15) is 13.2 Å². The van der Waals surface area contributed by atoms with Gasteiger partial charge in [-0.05, 0) is 74.7 Å². The van der Waals surface area contributed by atoms with Crippen molar-refractivity contribution < 1.29 is 18.0 Å². The number of carbonyl (C=O) groups is 1. The Morgan fingerprint density at radius 1 is 1.10 bits per heavy atom. The van der Waals surface area contributed by atoms with E-state index < -0.39 is 12.1 Å². The second-order valence-corrected chi connectivity index (χ2v) is 10.1. The maximum atomic E-state index is 13.5. The molecule has 3 aliphatic carbocycles. The predicted molar refractivity (Wildman–Crippen MR) is 116 cm³/mol. The zero-order chi connectivity index (χ0) is 22.1. The van der Waals surface area contributed by atoms with Crippen molar-refractivity contribution in [2.45, 2.75) is 71.9 Å². The van der Waals surface area contributed by atoms with Crippen LogP contribution in [0.5, 0.6) is 0 Å². The van der Waals surface area contributed by atoms with Crippen molar-refractivity contribution in [1.29, 1.82) is 0 Å². The lowest BCUT2D eigenvalue weighted by Gasteiger charge is -2.30. The van der Waals surface area contributed by atoms with Crippen LogP contribution in [-0.2, 0) is 4.79 Å². The van der Waals surface area contributed by atoms with Gasteiger partial charge in [-0.1, -0.05) is 62.3 Å². The standard InChI is InChI=1S/C26H35F3O/c1-16-5-7-23(11-19(16)4)25(30)8-6-20-12-22(15-24(14-20)26(27,28)29)13-21-9-17(2)18(3)10-21/h6,8,13-14,16,18-19,22-24H,2,5,7,9-12,15H2,1,3-4H3. The van der Waals surface area contributed by atoms with Crippen molar-refractivity contribution in [2.24, 2.45) is 35.5 Å². The zero-order valence-corrected chi connectivity index (χ0v) is 18.5. The fourth-order valence-corrected chi connectivity index (χ4v) is 5.25. The Bertz CT molecular complexity index is 755.